The third kappa shape index (κ3) is 3.13. The number of hydrogen-bond acceptors (Lipinski definition) is 3. The summed E-state index contributed by atoms with van der Waals surface area (Å²) in [5.74, 6) is -0.756. The average molecular weight is 329 g/mol. The zero-order valence-electron chi connectivity index (χ0n) is 8.84. The van der Waals surface area contributed by atoms with Crippen LogP contribution in [0.2, 0.25) is 5.02 Å². The van der Waals surface area contributed by atoms with E-state index in [0.717, 1.165) is 6.20 Å². The van der Waals surface area contributed by atoms with Crippen LogP contribution in [0.4, 0.5) is 8.78 Å². The van der Waals surface area contributed by atoms with Gasteiger partial charge < -0.3 is 4.74 Å². The van der Waals surface area contributed by atoms with Crippen molar-refractivity contribution in [3.63, 3.8) is 0 Å². The van der Waals surface area contributed by atoms with Gasteiger partial charge in [0, 0.05) is 11.5 Å². The van der Waals surface area contributed by atoms with E-state index in [0.29, 0.717) is 0 Å². The molecule has 0 fully saturated rings. The number of carbonyl (C=O) groups is 1. The van der Waals surface area contributed by atoms with Gasteiger partial charge in [0.2, 0.25) is 0 Å². The van der Waals surface area contributed by atoms with Crippen LogP contribution in [0.25, 0.3) is 0 Å². The Morgan fingerprint density at radius 1 is 1.65 bits per heavy atom. The Morgan fingerprint density at radius 2 is 2.29 bits per heavy atom. The summed E-state index contributed by atoms with van der Waals surface area (Å²) in [6.07, 6.45) is -1.65. The minimum absolute atomic E-state index is 0.109. The first kappa shape index (κ1) is 14.3. The molecule has 0 aliphatic carbocycles. The number of nitrogens with zero attached hydrogens (tertiary/aromatic N) is 1. The fourth-order valence-corrected chi connectivity index (χ4v) is 1.98. The number of alkyl halides is 3. The van der Waals surface area contributed by atoms with Gasteiger partial charge in [-0.15, -0.1) is 0 Å². The van der Waals surface area contributed by atoms with Gasteiger partial charge in [-0.1, -0.05) is 27.5 Å². The summed E-state index contributed by atoms with van der Waals surface area (Å²) < 4.78 is 30.3. The molecule has 1 rings (SSSR count). The van der Waals surface area contributed by atoms with Gasteiger partial charge in [0.15, 0.2) is 0 Å². The molecule has 0 spiro atoms. The van der Waals surface area contributed by atoms with E-state index < -0.39 is 18.0 Å². The number of pyridine rings is 1. The lowest BCUT2D eigenvalue weighted by molar-refractivity contribution is 0.0525. The van der Waals surface area contributed by atoms with Crippen LogP contribution in [0.3, 0.4) is 0 Å². The lowest BCUT2D eigenvalue weighted by Gasteiger charge is -2.11. The first-order valence-corrected chi connectivity index (χ1v) is 6.21. The molecular formula is C10H9BrClF2NO2. The van der Waals surface area contributed by atoms with Crippen molar-refractivity contribution in [3.05, 3.63) is 28.0 Å². The molecule has 0 N–H and O–H groups in total. The van der Waals surface area contributed by atoms with E-state index in [9.17, 15) is 13.6 Å². The van der Waals surface area contributed by atoms with Gasteiger partial charge in [-0.05, 0) is 6.92 Å². The van der Waals surface area contributed by atoms with Crippen LogP contribution >= 0.6 is 27.5 Å². The molecule has 0 aliphatic rings. The van der Waals surface area contributed by atoms with Gasteiger partial charge in [0.25, 0.3) is 6.43 Å². The molecule has 0 unspecified atom stereocenters. The summed E-state index contributed by atoms with van der Waals surface area (Å²) in [7, 11) is 0. The summed E-state index contributed by atoms with van der Waals surface area (Å²) in [4.78, 5) is 15.2. The number of esters is 1. The fourth-order valence-electron chi connectivity index (χ4n) is 1.22. The van der Waals surface area contributed by atoms with Crippen LogP contribution in [-0.4, -0.2) is 17.6 Å². The van der Waals surface area contributed by atoms with Crippen molar-refractivity contribution in [1.29, 1.82) is 0 Å². The Labute approximate surface area is 110 Å². The minimum Gasteiger partial charge on any atom is -0.462 e. The lowest BCUT2D eigenvalue weighted by Crippen LogP contribution is -2.09. The maximum atomic E-state index is 12.8. The van der Waals surface area contributed by atoms with E-state index in [1.165, 1.54) is 0 Å². The van der Waals surface area contributed by atoms with Crippen LogP contribution in [0.15, 0.2) is 6.20 Å². The summed E-state index contributed by atoms with van der Waals surface area (Å²) in [5, 5.41) is -0.168. The number of rotatable bonds is 4. The quantitative estimate of drug-likeness (QED) is 0.624. The van der Waals surface area contributed by atoms with Crippen LogP contribution in [-0.2, 0) is 10.1 Å². The number of halogens is 4. The largest absolute Gasteiger partial charge is 0.462 e. The van der Waals surface area contributed by atoms with E-state index in [-0.39, 0.29) is 28.2 Å². The highest BCUT2D eigenvalue weighted by atomic mass is 79.9. The molecule has 94 valence electrons. The first-order chi connectivity index (χ1) is 8.02. The second-order valence-corrected chi connectivity index (χ2v) is 3.94. The third-order valence-corrected chi connectivity index (χ3v) is 2.91. The van der Waals surface area contributed by atoms with Gasteiger partial charge in [-0.25, -0.2) is 13.6 Å². The van der Waals surface area contributed by atoms with Crippen molar-refractivity contribution in [2.24, 2.45) is 0 Å². The monoisotopic (exact) mass is 327 g/mol. The molecule has 3 nitrogen and oxygen atoms in total. The van der Waals surface area contributed by atoms with Gasteiger partial charge in [-0.3, -0.25) is 4.98 Å². The number of ether oxygens (including phenoxy) is 1. The minimum atomic E-state index is -2.79. The highest BCUT2D eigenvalue weighted by Gasteiger charge is 2.24. The summed E-state index contributed by atoms with van der Waals surface area (Å²) >= 11 is 8.81. The molecule has 0 saturated carbocycles. The van der Waals surface area contributed by atoms with Crippen molar-refractivity contribution in [3.8, 4) is 0 Å². The molecule has 1 aromatic heterocycles. The second kappa shape index (κ2) is 6.26. The van der Waals surface area contributed by atoms with Crippen molar-refractivity contribution >= 4 is 33.5 Å². The molecular weight excluding hydrogens is 319 g/mol. The maximum absolute atomic E-state index is 12.8. The molecule has 17 heavy (non-hydrogen) atoms. The molecule has 7 heteroatoms. The maximum Gasteiger partial charge on any atom is 0.341 e. The molecule has 1 aromatic rings. The standard InChI is InChI=1S/C10H9BrClF2NO2/c1-2-17-10(16)5-4-15-6(3-11)7(8(5)12)9(13)14/h4,9H,2-3H2,1H3. The number of hydrogen-bond donors (Lipinski definition) is 0. The van der Waals surface area contributed by atoms with Crippen molar-refractivity contribution < 1.29 is 18.3 Å². The molecule has 0 atom stereocenters. The highest BCUT2D eigenvalue weighted by molar-refractivity contribution is 9.08. The van der Waals surface area contributed by atoms with E-state index in [1.54, 1.807) is 6.92 Å². The second-order valence-electron chi connectivity index (χ2n) is 3.00. The Kier molecular flexibility index (Phi) is 5.27. The summed E-state index contributed by atoms with van der Waals surface area (Å²) in [6.45, 7) is 1.75. The van der Waals surface area contributed by atoms with Crippen LogP contribution < -0.4 is 0 Å². The van der Waals surface area contributed by atoms with Gasteiger partial charge >= 0.3 is 5.97 Å². The molecule has 0 aromatic carbocycles. The van der Waals surface area contributed by atoms with Crippen LogP contribution in [0.5, 0.6) is 0 Å². The van der Waals surface area contributed by atoms with Gasteiger partial charge in [0.1, 0.15) is 0 Å². The predicted molar refractivity (Wildman–Crippen MR) is 62.8 cm³/mol. The molecule has 0 aliphatic heterocycles. The van der Waals surface area contributed by atoms with Gasteiger partial charge in [0.05, 0.1) is 28.5 Å². The highest BCUT2D eigenvalue weighted by Crippen LogP contribution is 2.33. The van der Waals surface area contributed by atoms with E-state index in [4.69, 9.17) is 16.3 Å². The Hall–Kier alpha value is -0.750. The SMILES string of the molecule is CCOC(=O)c1cnc(CBr)c(C(F)F)c1Cl. The zero-order chi connectivity index (χ0) is 13.0. The Balaban J connectivity index is 3.27. The summed E-state index contributed by atoms with van der Waals surface area (Å²) in [5.41, 5.74) is -0.472. The van der Waals surface area contributed by atoms with Crippen LogP contribution in [0.1, 0.15) is 35.0 Å². The molecule has 0 bridgehead atoms. The Morgan fingerprint density at radius 3 is 2.76 bits per heavy atom. The lowest BCUT2D eigenvalue weighted by atomic mass is 10.1. The van der Waals surface area contributed by atoms with Crippen molar-refractivity contribution in [1.82, 2.24) is 4.98 Å². The van der Waals surface area contributed by atoms with Crippen molar-refractivity contribution in [2.45, 2.75) is 18.7 Å². The van der Waals surface area contributed by atoms with E-state index in [1.807, 2.05) is 0 Å². The van der Waals surface area contributed by atoms with E-state index in [2.05, 4.69) is 20.9 Å². The average Bonchev–Trinajstić information content (AvgIpc) is 2.27. The normalized spacial score (nSPS) is 10.7. The Bertz CT molecular complexity index is 429. The van der Waals surface area contributed by atoms with Crippen molar-refractivity contribution in [2.75, 3.05) is 6.61 Å². The number of carbonyl (C=O) groups excluding carboxylic acids is 1. The molecule has 0 radical (unpaired) electrons. The predicted octanol–water partition coefficient (Wildman–Crippen LogP) is 3.74. The first-order valence-electron chi connectivity index (χ1n) is 4.71. The fraction of sp³-hybridized carbons (Fsp3) is 0.400. The zero-order valence-corrected chi connectivity index (χ0v) is 11.2. The van der Waals surface area contributed by atoms with E-state index >= 15 is 0 Å². The topological polar surface area (TPSA) is 39.2 Å². The third-order valence-electron chi connectivity index (χ3n) is 1.97. The summed E-state index contributed by atoms with van der Waals surface area (Å²) in [6, 6.07) is 0. The molecule has 0 amide bonds. The molecule has 1 heterocycles. The van der Waals surface area contributed by atoms with Crippen LogP contribution in [0, 0.1) is 0 Å². The smallest absolute Gasteiger partial charge is 0.341 e. The van der Waals surface area contributed by atoms with Gasteiger partial charge in [-0.2, -0.15) is 0 Å². The molecule has 0 saturated heterocycles. The number of aromatic nitrogens is 1.